The van der Waals surface area contributed by atoms with Crippen LogP contribution in [0.5, 0.6) is 0 Å². The zero-order valence-electron chi connectivity index (χ0n) is 8.65. The van der Waals surface area contributed by atoms with Gasteiger partial charge in [0.05, 0.1) is 6.04 Å². The molecule has 0 saturated heterocycles. The van der Waals surface area contributed by atoms with Crippen molar-refractivity contribution >= 4 is 11.8 Å². The second-order valence-electron chi connectivity index (χ2n) is 3.65. The summed E-state index contributed by atoms with van der Waals surface area (Å²) < 4.78 is 0. The molecule has 14 heavy (non-hydrogen) atoms. The second kappa shape index (κ2) is 4.52. The van der Waals surface area contributed by atoms with Gasteiger partial charge in [-0.25, -0.2) is 4.79 Å². The molecule has 0 radical (unpaired) electrons. The molecular weight excluding hydrogens is 186 g/mol. The maximum atomic E-state index is 11.5. The fourth-order valence-electron chi connectivity index (χ4n) is 0.942. The monoisotopic (exact) mass is 203 g/mol. The van der Waals surface area contributed by atoms with E-state index in [4.69, 9.17) is 10.8 Å². The molecule has 0 bridgehead atoms. The Morgan fingerprint density at radius 1 is 1.50 bits per heavy atom. The van der Waals surface area contributed by atoms with Crippen molar-refractivity contribution in [1.29, 1.82) is 0 Å². The van der Waals surface area contributed by atoms with Gasteiger partial charge in [-0.05, 0) is 12.8 Å². The van der Waals surface area contributed by atoms with Crippen molar-refractivity contribution in [2.45, 2.75) is 38.8 Å². The predicted octanol–water partition coefficient (Wildman–Crippen LogP) is -0.235. The van der Waals surface area contributed by atoms with Gasteiger partial charge in [0.25, 0.3) is 0 Å². The molecule has 82 valence electrons. The molecule has 4 N–H and O–H groups in total. The van der Waals surface area contributed by atoms with E-state index < -0.39 is 23.4 Å². The lowest BCUT2D eigenvalue weighted by Gasteiger charge is -2.24. The number of ketones is 1. The maximum Gasteiger partial charge on any atom is 0.343 e. The first-order valence-electron chi connectivity index (χ1n) is 4.50. The van der Waals surface area contributed by atoms with E-state index in [0.717, 1.165) is 6.92 Å². The van der Waals surface area contributed by atoms with Crippen molar-refractivity contribution in [3.8, 4) is 0 Å². The first-order chi connectivity index (χ1) is 6.25. The van der Waals surface area contributed by atoms with Gasteiger partial charge < -0.3 is 15.9 Å². The molecule has 0 aliphatic rings. The number of Topliss-reactive ketones (excluding diaryl/α,β-unsaturated/α-hetero) is 1. The van der Waals surface area contributed by atoms with Gasteiger partial charge in [0, 0.05) is 0 Å². The van der Waals surface area contributed by atoms with E-state index in [-0.39, 0.29) is 5.92 Å². The van der Waals surface area contributed by atoms with Crippen LogP contribution in [0.4, 0.5) is 0 Å². The van der Waals surface area contributed by atoms with Crippen LogP contribution in [0.3, 0.4) is 0 Å². The third kappa shape index (κ3) is 2.52. The minimum atomic E-state index is -2.39. The van der Waals surface area contributed by atoms with Crippen LogP contribution in [0.2, 0.25) is 0 Å². The predicted molar refractivity (Wildman–Crippen MR) is 50.7 cm³/mol. The average molecular weight is 203 g/mol. The zero-order valence-corrected chi connectivity index (χ0v) is 8.65. The van der Waals surface area contributed by atoms with E-state index in [1.165, 1.54) is 0 Å². The Labute approximate surface area is 82.9 Å². The van der Waals surface area contributed by atoms with Gasteiger partial charge >= 0.3 is 5.97 Å². The number of carboxylic acids is 1. The topological polar surface area (TPSA) is 101 Å². The molecule has 0 unspecified atom stereocenters. The number of hydrogen-bond donors (Lipinski definition) is 3. The number of carbonyl (C=O) groups is 2. The van der Waals surface area contributed by atoms with Crippen LogP contribution in [0, 0.1) is 5.92 Å². The van der Waals surface area contributed by atoms with E-state index in [1.807, 2.05) is 6.92 Å². The molecule has 0 aliphatic carbocycles. The van der Waals surface area contributed by atoms with Crippen LogP contribution in [-0.4, -0.2) is 33.6 Å². The molecular formula is C9H17NO4. The number of aliphatic carboxylic acids is 1. The van der Waals surface area contributed by atoms with E-state index in [1.54, 1.807) is 6.92 Å². The van der Waals surface area contributed by atoms with E-state index in [9.17, 15) is 14.7 Å². The Morgan fingerprint density at radius 3 is 2.21 bits per heavy atom. The Balaban J connectivity index is 4.70. The van der Waals surface area contributed by atoms with Crippen molar-refractivity contribution in [3.05, 3.63) is 0 Å². The van der Waals surface area contributed by atoms with Gasteiger partial charge in [-0.2, -0.15) is 0 Å². The summed E-state index contributed by atoms with van der Waals surface area (Å²) in [6.07, 6.45) is 0.655. The molecule has 0 aromatic carbocycles. The Morgan fingerprint density at radius 2 is 1.93 bits per heavy atom. The van der Waals surface area contributed by atoms with Crippen molar-refractivity contribution in [1.82, 2.24) is 0 Å². The summed E-state index contributed by atoms with van der Waals surface area (Å²) >= 11 is 0. The summed E-state index contributed by atoms with van der Waals surface area (Å²) in [5.41, 5.74) is 3.14. The minimum Gasteiger partial charge on any atom is -0.479 e. The third-order valence-corrected chi connectivity index (χ3v) is 2.46. The van der Waals surface area contributed by atoms with Crippen molar-refractivity contribution < 1.29 is 19.8 Å². The average Bonchev–Trinajstić information content (AvgIpc) is 2.13. The molecule has 0 rings (SSSR count). The summed E-state index contributed by atoms with van der Waals surface area (Å²) in [5, 5.41) is 17.9. The molecule has 0 aromatic heterocycles. The molecule has 0 spiro atoms. The molecule has 0 aromatic rings. The highest BCUT2D eigenvalue weighted by Crippen LogP contribution is 2.14. The smallest absolute Gasteiger partial charge is 0.343 e. The van der Waals surface area contributed by atoms with E-state index in [2.05, 4.69) is 0 Å². The van der Waals surface area contributed by atoms with Crippen LogP contribution < -0.4 is 5.73 Å². The highest BCUT2D eigenvalue weighted by Gasteiger charge is 2.42. The highest BCUT2D eigenvalue weighted by atomic mass is 16.4. The lowest BCUT2D eigenvalue weighted by molar-refractivity contribution is -0.164. The minimum absolute atomic E-state index is 0.145. The van der Waals surface area contributed by atoms with Crippen LogP contribution in [0.1, 0.15) is 27.2 Å². The first kappa shape index (κ1) is 13.1. The molecule has 0 heterocycles. The van der Waals surface area contributed by atoms with Gasteiger partial charge in [-0.15, -0.1) is 0 Å². The first-order valence-corrected chi connectivity index (χ1v) is 4.50. The molecule has 0 saturated carbocycles. The number of carbonyl (C=O) groups excluding carboxylic acids is 1. The number of hydrogen-bond acceptors (Lipinski definition) is 4. The number of nitrogens with two attached hydrogens (primary N) is 1. The summed E-state index contributed by atoms with van der Waals surface area (Å²) in [5.74, 6) is -2.56. The van der Waals surface area contributed by atoms with Crippen LogP contribution in [0.15, 0.2) is 0 Å². The van der Waals surface area contributed by atoms with Crippen molar-refractivity contribution in [2.75, 3.05) is 0 Å². The SMILES string of the molecule is CC[C@H](C)[C@H](N)C(=O)[C@](C)(O)C(=O)O. The highest BCUT2D eigenvalue weighted by molar-refractivity contribution is 6.08. The van der Waals surface area contributed by atoms with Crippen LogP contribution in [-0.2, 0) is 9.59 Å². The molecule has 5 nitrogen and oxygen atoms in total. The standard InChI is InChI=1S/C9H17NO4/c1-4-5(2)6(10)7(11)9(3,14)8(12)13/h5-6,14H,4,10H2,1-3H3,(H,12,13)/t5-,6-,9-/m0/s1. The Bertz CT molecular complexity index is 237. The van der Waals surface area contributed by atoms with Gasteiger partial charge in [0.15, 0.2) is 5.78 Å². The molecule has 0 aliphatic heterocycles. The van der Waals surface area contributed by atoms with Crippen molar-refractivity contribution in [3.63, 3.8) is 0 Å². The quantitative estimate of drug-likeness (QED) is 0.535. The summed E-state index contributed by atoms with van der Waals surface area (Å²) in [6, 6.07) is -0.939. The summed E-state index contributed by atoms with van der Waals surface area (Å²) in [6.45, 7) is 4.52. The third-order valence-electron chi connectivity index (χ3n) is 2.46. The van der Waals surface area contributed by atoms with Gasteiger partial charge in [-0.1, -0.05) is 20.3 Å². The number of carboxylic acid groups (broad SMARTS) is 1. The largest absolute Gasteiger partial charge is 0.479 e. The van der Waals surface area contributed by atoms with Gasteiger partial charge in [-0.3, -0.25) is 4.79 Å². The number of rotatable bonds is 5. The number of aliphatic hydroxyl groups is 1. The Kier molecular flexibility index (Phi) is 4.22. The molecule has 5 heteroatoms. The van der Waals surface area contributed by atoms with Gasteiger partial charge in [0.1, 0.15) is 0 Å². The second-order valence-corrected chi connectivity index (χ2v) is 3.65. The zero-order chi connectivity index (χ0) is 11.5. The van der Waals surface area contributed by atoms with Gasteiger partial charge in [0.2, 0.25) is 5.60 Å². The lowest BCUT2D eigenvalue weighted by Crippen LogP contribution is -2.53. The fraction of sp³-hybridized carbons (Fsp3) is 0.778. The molecule has 0 fully saturated rings. The maximum absolute atomic E-state index is 11.5. The molecule has 0 amide bonds. The lowest BCUT2D eigenvalue weighted by atomic mass is 9.87. The van der Waals surface area contributed by atoms with Crippen molar-refractivity contribution in [2.24, 2.45) is 11.7 Å². The van der Waals surface area contributed by atoms with E-state index >= 15 is 0 Å². The van der Waals surface area contributed by atoms with Crippen LogP contribution >= 0.6 is 0 Å². The Hall–Kier alpha value is -0.940. The molecule has 3 atom stereocenters. The summed E-state index contributed by atoms with van der Waals surface area (Å²) in [7, 11) is 0. The van der Waals surface area contributed by atoms with Crippen LogP contribution in [0.25, 0.3) is 0 Å². The summed E-state index contributed by atoms with van der Waals surface area (Å²) in [4.78, 5) is 22.0. The van der Waals surface area contributed by atoms with E-state index in [0.29, 0.717) is 6.42 Å². The normalized spacial score (nSPS) is 19.5. The fourth-order valence-corrected chi connectivity index (χ4v) is 0.942.